The Morgan fingerprint density at radius 1 is 1.62 bits per heavy atom. The van der Waals surface area contributed by atoms with E-state index >= 15 is 0 Å². The number of aromatic nitrogens is 1. The van der Waals surface area contributed by atoms with Gasteiger partial charge < -0.3 is 10.4 Å². The second-order valence-electron chi connectivity index (χ2n) is 3.59. The predicted molar refractivity (Wildman–Crippen MR) is 58.8 cm³/mol. The maximum absolute atomic E-state index is 10.8. The number of nitrogens with one attached hydrogen (secondary N) is 1. The molecule has 0 spiro atoms. The number of aliphatic carboxylic acids is 1. The van der Waals surface area contributed by atoms with Crippen LogP contribution in [0.3, 0.4) is 0 Å². The molecule has 0 saturated heterocycles. The van der Waals surface area contributed by atoms with Crippen molar-refractivity contribution in [2.24, 2.45) is 5.92 Å². The Bertz CT molecular complexity index is 425. The van der Waals surface area contributed by atoms with Gasteiger partial charge in [0.2, 0.25) is 0 Å². The molecule has 1 aromatic heterocycles. The SMILES string of the molecule is CC(Nc1cnccc1C#N)C(C)C(=O)O. The van der Waals surface area contributed by atoms with Gasteiger partial charge in [-0.1, -0.05) is 0 Å². The highest BCUT2D eigenvalue weighted by Gasteiger charge is 2.19. The highest BCUT2D eigenvalue weighted by Crippen LogP contribution is 2.16. The van der Waals surface area contributed by atoms with Crippen molar-refractivity contribution in [1.29, 1.82) is 5.26 Å². The largest absolute Gasteiger partial charge is 0.481 e. The number of nitriles is 1. The molecular formula is C11H13N3O2. The van der Waals surface area contributed by atoms with Crippen molar-refractivity contribution in [3.8, 4) is 6.07 Å². The van der Waals surface area contributed by atoms with Crippen LogP contribution in [-0.2, 0) is 4.79 Å². The summed E-state index contributed by atoms with van der Waals surface area (Å²) in [6.07, 6.45) is 3.04. The molecule has 1 heterocycles. The summed E-state index contributed by atoms with van der Waals surface area (Å²) in [7, 11) is 0. The maximum Gasteiger partial charge on any atom is 0.308 e. The smallest absolute Gasteiger partial charge is 0.308 e. The number of pyridine rings is 1. The van der Waals surface area contributed by atoms with Gasteiger partial charge in [0.05, 0.1) is 23.4 Å². The van der Waals surface area contributed by atoms with Gasteiger partial charge in [0.15, 0.2) is 0 Å². The first-order chi connectivity index (χ1) is 7.56. The lowest BCUT2D eigenvalue weighted by Gasteiger charge is -2.19. The van der Waals surface area contributed by atoms with Crippen LogP contribution in [0.4, 0.5) is 5.69 Å². The van der Waals surface area contributed by atoms with E-state index in [1.807, 2.05) is 6.07 Å². The van der Waals surface area contributed by atoms with E-state index < -0.39 is 11.9 Å². The molecule has 0 aliphatic heterocycles. The van der Waals surface area contributed by atoms with Gasteiger partial charge >= 0.3 is 5.97 Å². The summed E-state index contributed by atoms with van der Waals surface area (Å²) in [4.78, 5) is 14.7. The predicted octanol–water partition coefficient (Wildman–Crippen LogP) is 1.47. The van der Waals surface area contributed by atoms with Crippen molar-refractivity contribution in [2.75, 3.05) is 5.32 Å². The topological polar surface area (TPSA) is 86.0 Å². The van der Waals surface area contributed by atoms with Crippen LogP contribution in [0.15, 0.2) is 18.5 Å². The van der Waals surface area contributed by atoms with Crippen LogP contribution in [0.1, 0.15) is 19.4 Å². The molecule has 0 bridgehead atoms. The average molecular weight is 219 g/mol. The van der Waals surface area contributed by atoms with Crippen LogP contribution < -0.4 is 5.32 Å². The van der Waals surface area contributed by atoms with Gasteiger partial charge in [-0.3, -0.25) is 9.78 Å². The van der Waals surface area contributed by atoms with E-state index in [0.717, 1.165) is 0 Å². The highest BCUT2D eigenvalue weighted by molar-refractivity contribution is 5.71. The molecule has 0 aliphatic carbocycles. The quantitative estimate of drug-likeness (QED) is 0.800. The Morgan fingerprint density at radius 3 is 2.88 bits per heavy atom. The summed E-state index contributed by atoms with van der Waals surface area (Å²) in [6, 6.07) is 3.33. The Balaban J connectivity index is 2.81. The number of anilines is 1. The van der Waals surface area contributed by atoms with Crippen LogP contribution in [0, 0.1) is 17.2 Å². The Labute approximate surface area is 93.7 Å². The van der Waals surface area contributed by atoms with Crippen LogP contribution in [0.5, 0.6) is 0 Å². The lowest BCUT2D eigenvalue weighted by Crippen LogP contribution is -2.30. The first-order valence-corrected chi connectivity index (χ1v) is 4.89. The number of carboxylic acid groups (broad SMARTS) is 1. The molecule has 0 aromatic carbocycles. The molecule has 0 radical (unpaired) electrons. The van der Waals surface area contributed by atoms with Gasteiger partial charge in [-0.25, -0.2) is 0 Å². The Kier molecular flexibility index (Phi) is 3.84. The molecule has 1 rings (SSSR count). The van der Waals surface area contributed by atoms with E-state index in [4.69, 9.17) is 10.4 Å². The van der Waals surface area contributed by atoms with Gasteiger partial charge in [0, 0.05) is 12.2 Å². The van der Waals surface area contributed by atoms with Crippen molar-refractivity contribution in [2.45, 2.75) is 19.9 Å². The molecule has 5 nitrogen and oxygen atoms in total. The fraction of sp³-hybridized carbons (Fsp3) is 0.364. The highest BCUT2D eigenvalue weighted by atomic mass is 16.4. The summed E-state index contributed by atoms with van der Waals surface area (Å²) in [5.74, 6) is -1.41. The molecule has 0 saturated carbocycles. The minimum atomic E-state index is -0.873. The van der Waals surface area contributed by atoms with Crippen LogP contribution >= 0.6 is 0 Å². The molecule has 1 aromatic rings. The molecule has 0 fully saturated rings. The zero-order valence-electron chi connectivity index (χ0n) is 9.14. The Hall–Kier alpha value is -2.09. The van der Waals surface area contributed by atoms with E-state index in [2.05, 4.69) is 10.3 Å². The van der Waals surface area contributed by atoms with Crippen LogP contribution in [0.25, 0.3) is 0 Å². The third-order valence-corrected chi connectivity index (χ3v) is 2.46. The lowest BCUT2D eigenvalue weighted by atomic mass is 10.0. The number of carboxylic acids is 1. The first kappa shape index (κ1) is 12.0. The molecule has 2 unspecified atom stereocenters. The number of carbonyl (C=O) groups is 1. The normalized spacial score (nSPS) is 13.6. The summed E-state index contributed by atoms with van der Waals surface area (Å²) >= 11 is 0. The summed E-state index contributed by atoms with van der Waals surface area (Å²) < 4.78 is 0. The van der Waals surface area contributed by atoms with Gasteiger partial charge in [0.1, 0.15) is 6.07 Å². The number of nitrogens with zero attached hydrogens (tertiary/aromatic N) is 2. The summed E-state index contributed by atoms with van der Waals surface area (Å²) in [6.45, 7) is 3.37. The minimum Gasteiger partial charge on any atom is -0.481 e. The molecule has 2 atom stereocenters. The van der Waals surface area contributed by atoms with Gasteiger partial charge in [-0.2, -0.15) is 5.26 Å². The average Bonchev–Trinajstić information content (AvgIpc) is 2.28. The van der Waals surface area contributed by atoms with Crippen molar-refractivity contribution in [3.05, 3.63) is 24.0 Å². The van der Waals surface area contributed by atoms with Crippen molar-refractivity contribution < 1.29 is 9.90 Å². The zero-order valence-corrected chi connectivity index (χ0v) is 9.14. The lowest BCUT2D eigenvalue weighted by molar-refractivity contribution is -0.141. The molecule has 16 heavy (non-hydrogen) atoms. The van der Waals surface area contributed by atoms with E-state index in [-0.39, 0.29) is 6.04 Å². The van der Waals surface area contributed by atoms with E-state index in [9.17, 15) is 4.79 Å². The molecule has 5 heteroatoms. The van der Waals surface area contributed by atoms with Crippen molar-refractivity contribution in [1.82, 2.24) is 4.98 Å². The first-order valence-electron chi connectivity index (χ1n) is 4.89. The monoisotopic (exact) mass is 219 g/mol. The molecule has 2 N–H and O–H groups in total. The van der Waals surface area contributed by atoms with Crippen LogP contribution in [-0.4, -0.2) is 22.1 Å². The molecule has 84 valence electrons. The molecular weight excluding hydrogens is 206 g/mol. The fourth-order valence-corrected chi connectivity index (χ4v) is 1.19. The Morgan fingerprint density at radius 2 is 2.31 bits per heavy atom. The van der Waals surface area contributed by atoms with Crippen molar-refractivity contribution in [3.63, 3.8) is 0 Å². The second-order valence-corrected chi connectivity index (χ2v) is 3.59. The number of rotatable bonds is 4. The standard InChI is InChI=1S/C11H13N3O2/c1-7(11(15)16)8(2)14-10-6-13-4-3-9(10)5-12/h3-4,6-8,14H,1-2H3,(H,15,16). The number of hydrogen-bond donors (Lipinski definition) is 2. The van der Waals surface area contributed by atoms with Crippen LogP contribution in [0.2, 0.25) is 0 Å². The summed E-state index contributed by atoms with van der Waals surface area (Å²) in [5.41, 5.74) is 1.02. The van der Waals surface area contributed by atoms with E-state index in [1.54, 1.807) is 19.9 Å². The maximum atomic E-state index is 10.8. The third kappa shape index (κ3) is 2.70. The zero-order chi connectivity index (χ0) is 12.1. The van der Waals surface area contributed by atoms with Crippen molar-refractivity contribution >= 4 is 11.7 Å². The second kappa shape index (κ2) is 5.12. The van der Waals surface area contributed by atoms with E-state index in [1.165, 1.54) is 12.4 Å². The van der Waals surface area contributed by atoms with Gasteiger partial charge in [-0.05, 0) is 19.9 Å². The molecule has 0 amide bonds. The number of hydrogen-bond acceptors (Lipinski definition) is 4. The van der Waals surface area contributed by atoms with E-state index in [0.29, 0.717) is 11.3 Å². The minimum absolute atomic E-state index is 0.270. The molecule has 0 aliphatic rings. The van der Waals surface area contributed by atoms with Gasteiger partial charge in [-0.15, -0.1) is 0 Å². The third-order valence-electron chi connectivity index (χ3n) is 2.46. The van der Waals surface area contributed by atoms with Gasteiger partial charge in [0.25, 0.3) is 0 Å². The summed E-state index contributed by atoms with van der Waals surface area (Å²) in [5, 5.41) is 20.7. The fourth-order valence-electron chi connectivity index (χ4n) is 1.19.